The predicted octanol–water partition coefficient (Wildman–Crippen LogP) is 3.18. The van der Waals surface area contributed by atoms with Gasteiger partial charge in [0.25, 0.3) is 5.91 Å². The molecule has 5 nitrogen and oxygen atoms in total. The van der Waals surface area contributed by atoms with Crippen LogP contribution in [0.1, 0.15) is 19.3 Å². The van der Waals surface area contributed by atoms with Gasteiger partial charge in [0.15, 0.2) is 0 Å². The molecular formula is C19H18N2O3. The number of anilines is 1. The van der Waals surface area contributed by atoms with Crippen LogP contribution in [-0.2, 0) is 9.59 Å². The Morgan fingerprint density at radius 1 is 0.917 bits per heavy atom. The molecule has 0 aromatic heterocycles. The van der Waals surface area contributed by atoms with Crippen molar-refractivity contribution in [3.63, 3.8) is 0 Å². The fourth-order valence-electron chi connectivity index (χ4n) is 2.93. The van der Waals surface area contributed by atoms with Crippen LogP contribution in [0.4, 0.5) is 5.69 Å². The second-order valence-corrected chi connectivity index (χ2v) is 6.17. The van der Waals surface area contributed by atoms with Gasteiger partial charge in [-0.2, -0.15) is 0 Å². The standard InChI is InChI=1S/C19H18N2O3/c22-18-12-17(19(23)21(18)14-8-9-14)20-13-6-10-16(11-7-13)24-15-4-2-1-3-5-15/h1-7,10-11,14,17,20H,8-9,12H2. The van der Waals surface area contributed by atoms with Crippen LogP contribution in [0.25, 0.3) is 0 Å². The highest BCUT2D eigenvalue weighted by molar-refractivity contribution is 6.07. The molecule has 1 saturated carbocycles. The van der Waals surface area contributed by atoms with E-state index >= 15 is 0 Å². The number of hydrogen-bond acceptors (Lipinski definition) is 4. The Morgan fingerprint density at radius 2 is 1.58 bits per heavy atom. The van der Waals surface area contributed by atoms with Crippen LogP contribution in [0.5, 0.6) is 11.5 Å². The summed E-state index contributed by atoms with van der Waals surface area (Å²) in [5.74, 6) is 1.33. The van der Waals surface area contributed by atoms with Gasteiger partial charge < -0.3 is 10.1 Å². The lowest BCUT2D eigenvalue weighted by Gasteiger charge is -2.15. The summed E-state index contributed by atoms with van der Waals surface area (Å²) in [5.41, 5.74) is 0.805. The third-order valence-corrected chi connectivity index (χ3v) is 4.27. The van der Waals surface area contributed by atoms with Gasteiger partial charge in [-0.15, -0.1) is 0 Å². The molecule has 0 radical (unpaired) electrons. The molecule has 2 aliphatic rings. The average Bonchev–Trinajstić information content (AvgIpc) is 3.38. The summed E-state index contributed by atoms with van der Waals surface area (Å²) < 4.78 is 5.74. The molecule has 24 heavy (non-hydrogen) atoms. The number of nitrogens with one attached hydrogen (secondary N) is 1. The van der Waals surface area contributed by atoms with Crippen LogP contribution in [-0.4, -0.2) is 28.8 Å². The van der Waals surface area contributed by atoms with Gasteiger partial charge in [-0.25, -0.2) is 0 Å². The molecule has 1 saturated heterocycles. The Bertz CT molecular complexity index is 754. The van der Waals surface area contributed by atoms with E-state index in [1.165, 1.54) is 4.90 Å². The Labute approximate surface area is 140 Å². The van der Waals surface area contributed by atoms with Crippen molar-refractivity contribution in [3.8, 4) is 11.5 Å². The van der Waals surface area contributed by atoms with Crippen LogP contribution in [0, 0.1) is 0 Å². The number of hydrogen-bond donors (Lipinski definition) is 1. The largest absolute Gasteiger partial charge is 0.457 e. The molecule has 2 fully saturated rings. The maximum absolute atomic E-state index is 12.3. The van der Waals surface area contributed by atoms with Crippen molar-refractivity contribution in [1.82, 2.24) is 4.90 Å². The summed E-state index contributed by atoms with van der Waals surface area (Å²) in [6.07, 6.45) is 2.11. The average molecular weight is 322 g/mol. The zero-order valence-electron chi connectivity index (χ0n) is 13.1. The van der Waals surface area contributed by atoms with E-state index in [0.717, 1.165) is 30.0 Å². The van der Waals surface area contributed by atoms with Crippen molar-refractivity contribution < 1.29 is 14.3 Å². The lowest BCUT2D eigenvalue weighted by molar-refractivity contribution is -0.139. The fourth-order valence-corrected chi connectivity index (χ4v) is 2.93. The highest BCUT2D eigenvalue weighted by atomic mass is 16.5. The van der Waals surface area contributed by atoms with Crippen molar-refractivity contribution in [2.75, 3.05) is 5.32 Å². The number of amides is 2. The first-order chi connectivity index (χ1) is 11.7. The minimum absolute atomic E-state index is 0.0657. The molecule has 1 atom stereocenters. The number of ether oxygens (including phenoxy) is 1. The van der Waals surface area contributed by atoms with Crippen LogP contribution >= 0.6 is 0 Å². The Hall–Kier alpha value is -2.82. The zero-order chi connectivity index (χ0) is 16.5. The number of imide groups is 1. The lowest BCUT2D eigenvalue weighted by atomic mass is 10.2. The third kappa shape index (κ3) is 2.97. The minimum Gasteiger partial charge on any atom is -0.457 e. The number of rotatable bonds is 5. The van der Waals surface area contributed by atoms with Gasteiger partial charge in [-0.3, -0.25) is 14.5 Å². The van der Waals surface area contributed by atoms with E-state index in [-0.39, 0.29) is 24.3 Å². The molecule has 2 aromatic rings. The van der Waals surface area contributed by atoms with Gasteiger partial charge in [0.2, 0.25) is 5.91 Å². The zero-order valence-corrected chi connectivity index (χ0v) is 13.1. The normalized spacial score (nSPS) is 20.3. The van der Waals surface area contributed by atoms with Crippen molar-refractivity contribution in [3.05, 3.63) is 54.6 Å². The first kappa shape index (κ1) is 14.8. The summed E-state index contributed by atoms with van der Waals surface area (Å²) >= 11 is 0. The number of carbonyl (C=O) groups excluding carboxylic acids is 2. The topological polar surface area (TPSA) is 58.6 Å². The van der Waals surface area contributed by atoms with Crippen molar-refractivity contribution in [1.29, 1.82) is 0 Å². The van der Waals surface area contributed by atoms with Crippen LogP contribution in [0.15, 0.2) is 54.6 Å². The first-order valence-electron chi connectivity index (χ1n) is 8.16. The Morgan fingerprint density at radius 3 is 2.25 bits per heavy atom. The number of para-hydroxylation sites is 1. The molecule has 1 unspecified atom stereocenters. The third-order valence-electron chi connectivity index (χ3n) is 4.27. The molecule has 2 aromatic carbocycles. The summed E-state index contributed by atoms with van der Waals surface area (Å²) in [5, 5.41) is 3.16. The fraction of sp³-hybridized carbons (Fsp3) is 0.263. The highest BCUT2D eigenvalue weighted by Crippen LogP contribution is 2.32. The van der Waals surface area contributed by atoms with Crippen molar-refractivity contribution >= 4 is 17.5 Å². The van der Waals surface area contributed by atoms with E-state index in [0.29, 0.717) is 0 Å². The predicted molar refractivity (Wildman–Crippen MR) is 89.9 cm³/mol. The molecule has 1 aliphatic carbocycles. The Kier molecular flexibility index (Phi) is 3.69. The maximum Gasteiger partial charge on any atom is 0.252 e. The smallest absolute Gasteiger partial charge is 0.252 e. The van der Waals surface area contributed by atoms with Crippen molar-refractivity contribution in [2.45, 2.75) is 31.3 Å². The summed E-state index contributed by atoms with van der Waals surface area (Å²) in [7, 11) is 0. The summed E-state index contributed by atoms with van der Waals surface area (Å²) in [4.78, 5) is 25.7. The van der Waals surface area contributed by atoms with E-state index in [1.54, 1.807) is 0 Å². The molecule has 4 rings (SSSR count). The van der Waals surface area contributed by atoms with E-state index in [4.69, 9.17) is 4.74 Å². The summed E-state index contributed by atoms with van der Waals surface area (Å²) in [6.45, 7) is 0. The number of carbonyl (C=O) groups is 2. The maximum atomic E-state index is 12.3. The van der Waals surface area contributed by atoms with Crippen LogP contribution in [0.2, 0.25) is 0 Å². The van der Waals surface area contributed by atoms with Gasteiger partial charge in [0, 0.05) is 11.7 Å². The van der Waals surface area contributed by atoms with Gasteiger partial charge in [-0.05, 0) is 49.2 Å². The monoisotopic (exact) mass is 322 g/mol. The molecule has 1 N–H and O–H groups in total. The summed E-state index contributed by atoms with van der Waals surface area (Å²) in [6, 6.07) is 16.6. The van der Waals surface area contributed by atoms with Gasteiger partial charge >= 0.3 is 0 Å². The molecule has 5 heteroatoms. The van der Waals surface area contributed by atoms with E-state index in [9.17, 15) is 9.59 Å². The highest BCUT2D eigenvalue weighted by Gasteiger charge is 2.46. The first-order valence-corrected chi connectivity index (χ1v) is 8.16. The molecule has 0 spiro atoms. The van der Waals surface area contributed by atoms with Crippen LogP contribution < -0.4 is 10.1 Å². The molecule has 0 bridgehead atoms. The Balaban J connectivity index is 1.40. The van der Waals surface area contributed by atoms with E-state index in [1.807, 2.05) is 54.6 Å². The SMILES string of the molecule is O=C1CC(Nc2ccc(Oc3ccccc3)cc2)C(=O)N1C1CC1. The van der Waals surface area contributed by atoms with Gasteiger partial charge in [0.1, 0.15) is 17.5 Å². The van der Waals surface area contributed by atoms with E-state index < -0.39 is 6.04 Å². The van der Waals surface area contributed by atoms with E-state index in [2.05, 4.69) is 5.32 Å². The lowest BCUT2D eigenvalue weighted by Crippen LogP contribution is -2.36. The molecule has 1 aliphatic heterocycles. The number of benzene rings is 2. The van der Waals surface area contributed by atoms with Crippen molar-refractivity contribution in [2.24, 2.45) is 0 Å². The quantitative estimate of drug-likeness (QED) is 0.859. The number of likely N-dealkylation sites (tertiary alicyclic amines) is 1. The molecule has 1 heterocycles. The molecule has 2 amide bonds. The van der Waals surface area contributed by atoms with Crippen LogP contribution in [0.3, 0.4) is 0 Å². The second kappa shape index (κ2) is 6.00. The minimum atomic E-state index is -0.459. The van der Waals surface area contributed by atoms with Gasteiger partial charge in [0.05, 0.1) is 6.42 Å². The molecular weight excluding hydrogens is 304 g/mol. The second-order valence-electron chi connectivity index (χ2n) is 6.17. The van der Waals surface area contributed by atoms with Gasteiger partial charge in [-0.1, -0.05) is 18.2 Å². The molecule has 122 valence electrons. The number of nitrogens with zero attached hydrogens (tertiary/aromatic N) is 1.